The van der Waals surface area contributed by atoms with Crippen molar-refractivity contribution in [3.8, 4) is 0 Å². The molecule has 164 valence electrons. The van der Waals surface area contributed by atoms with Gasteiger partial charge in [-0.1, -0.05) is 24.3 Å². The molecular weight excluding hydrogens is 393 g/mol. The van der Waals surface area contributed by atoms with Gasteiger partial charge in [0.15, 0.2) is 0 Å². The highest BCUT2D eigenvalue weighted by Crippen LogP contribution is 2.37. The molecule has 1 fully saturated rings. The van der Waals surface area contributed by atoms with Crippen LogP contribution in [0, 0.1) is 5.82 Å². The van der Waals surface area contributed by atoms with Crippen LogP contribution in [-0.4, -0.2) is 40.9 Å². The molecular formula is C24H30FN5O. The van der Waals surface area contributed by atoms with E-state index >= 15 is 0 Å². The number of hydrogen-bond donors (Lipinski definition) is 3. The molecule has 2 aliphatic rings. The van der Waals surface area contributed by atoms with Crippen molar-refractivity contribution >= 4 is 23.2 Å². The van der Waals surface area contributed by atoms with E-state index in [0.29, 0.717) is 13.1 Å². The first kappa shape index (κ1) is 21.2. The standard InChI is InChI=1S/C24H30FN5O/c1-23(2,3)29-21-24(28-20-11-5-4-10-19(20)27-21)12-7-13-30(16-24)22(31)26-15-17-8-6-9-18(25)14-17/h4-6,8-11,14,28H,7,12-13,15-16H2,1-3H3,(H,26,31)(H,27,29)/t24-/m0/s1. The lowest BCUT2D eigenvalue weighted by atomic mass is 9.85. The van der Waals surface area contributed by atoms with E-state index in [1.165, 1.54) is 12.1 Å². The Morgan fingerprint density at radius 1 is 1.19 bits per heavy atom. The number of amidine groups is 1. The monoisotopic (exact) mass is 423 g/mol. The van der Waals surface area contributed by atoms with Crippen LogP contribution in [0.2, 0.25) is 0 Å². The Kier molecular flexibility index (Phi) is 5.60. The number of likely N-dealkylation sites (tertiary alicyclic amines) is 1. The highest BCUT2D eigenvalue weighted by atomic mass is 19.1. The maximum Gasteiger partial charge on any atom is 0.317 e. The lowest BCUT2D eigenvalue weighted by Crippen LogP contribution is -2.63. The molecule has 1 spiro atoms. The molecule has 3 N–H and O–H groups in total. The number of fused-ring (bicyclic) bond motifs is 1. The summed E-state index contributed by atoms with van der Waals surface area (Å²) in [5.41, 5.74) is 2.00. The van der Waals surface area contributed by atoms with Crippen LogP contribution < -0.4 is 16.0 Å². The van der Waals surface area contributed by atoms with Crippen molar-refractivity contribution in [3.05, 3.63) is 59.9 Å². The number of halogens is 1. The van der Waals surface area contributed by atoms with E-state index in [2.05, 4.69) is 36.7 Å². The summed E-state index contributed by atoms with van der Waals surface area (Å²) in [5.74, 6) is 0.559. The molecule has 2 aromatic carbocycles. The van der Waals surface area contributed by atoms with Gasteiger partial charge in [0.05, 0.1) is 23.5 Å². The Bertz CT molecular complexity index is 999. The van der Waals surface area contributed by atoms with Crippen LogP contribution in [0.3, 0.4) is 0 Å². The number of amides is 2. The van der Waals surface area contributed by atoms with Gasteiger partial charge in [0.25, 0.3) is 0 Å². The van der Waals surface area contributed by atoms with E-state index in [1.54, 1.807) is 12.1 Å². The van der Waals surface area contributed by atoms with Crippen molar-refractivity contribution in [2.75, 3.05) is 23.7 Å². The zero-order valence-corrected chi connectivity index (χ0v) is 18.3. The van der Waals surface area contributed by atoms with Crippen LogP contribution in [0.1, 0.15) is 39.2 Å². The highest BCUT2D eigenvalue weighted by Gasteiger charge is 2.45. The summed E-state index contributed by atoms with van der Waals surface area (Å²) in [7, 11) is 0. The topological polar surface area (TPSA) is 68.8 Å². The van der Waals surface area contributed by atoms with Crippen LogP contribution in [0.4, 0.5) is 20.6 Å². The Hall–Kier alpha value is -3.09. The fourth-order valence-electron chi connectivity index (χ4n) is 4.20. The number of piperidine rings is 1. The van der Waals surface area contributed by atoms with E-state index in [-0.39, 0.29) is 23.9 Å². The van der Waals surface area contributed by atoms with E-state index in [4.69, 9.17) is 4.99 Å². The predicted octanol–water partition coefficient (Wildman–Crippen LogP) is 4.60. The van der Waals surface area contributed by atoms with Crippen LogP contribution in [-0.2, 0) is 6.54 Å². The Balaban J connectivity index is 1.55. The van der Waals surface area contributed by atoms with Gasteiger partial charge in [0.1, 0.15) is 17.2 Å². The first-order valence-corrected chi connectivity index (χ1v) is 10.8. The van der Waals surface area contributed by atoms with Crippen molar-refractivity contribution in [2.45, 2.75) is 51.2 Å². The molecule has 1 saturated heterocycles. The SMILES string of the molecule is CC(C)(C)N=C1Nc2ccccc2N[C@]12CCCN(C(=O)NCc1cccc(F)c1)C2. The molecule has 0 bridgehead atoms. The summed E-state index contributed by atoms with van der Waals surface area (Å²) in [6.07, 6.45) is 1.73. The van der Waals surface area contributed by atoms with Crippen molar-refractivity contribution in [2.24, 2.45) is 4.99 Å². The molecule has 4 rings (SSSR count). The molecule has 31 heavy (non-hydrogen) atoms. The average molecular weight is 424 g/mol. The minimum Gasteiger partial charge on any atom is -0.370 e. The van der Waals surface area contributed by atoms with Gasteiger partial charge in [-0.25, -0.2) is 9.18 Å². The van der Waals surface area contributed by atoms with Gasteiger partial charge in [0.2, 0.25) is 0 Å². The smallest absolute Gasteiger partial charge is 0.317 e. The first-order valence-electron chi connectivity index (χ1n) is 10.8. The molecule has 1 atom stereocenters. The predicted molar refractivity (Wildman–Crippen MR) is 123 cm³/mol. The van der Waals surface area contributed by atoms with Gasteiger partial charge in [0, 0.05) is 13.1 Å². The fraction of sp³-hybridized carbons (Fsp3) is 0.417. The Labute approximate surface area is 182 Å². The van der Waals surface area contributed by atoms with Gasteiger partial charge >= 0.3 is 6.03 Å². The second-order valence-electron chi connectivity index (χ2n) is 9.32. The normalized spacial score (nSPS) is 21.9. The third kappa shape index (κ3) is 4.81. The maximum absolute atomic E-state index is 13.4. The summed E-state index contributed by atoms with van der Waals surface area (Å²) >= 11 is 0. The van der Waals surface area contributed by atoms with Crippen LogP contribution in [0.5, 0.6) is 0 Å². The molecule has 2 heterocycles. The molecule has 0 aromatic heterocycles. The van der Waals surface area contributed by atoms with Crippen LogP contribution in [0.15, 0.2) is 53.5 Å². The van der Waals surface area contributed by atoms with Crippen LogP contribution in [0.25, 0.3) is 0 Å². The summed E-state index contributed by atoms with van der Waals surface area (Å²) in [5, 5.41) is 10.1. The quantitative estimate of drug-likeness (QED) is 0.661. The van der Waals surface area contributed by atoms with Crippen molar-refractivity contribution in [1.29, 1.82) is 0 Å². The number of hydrogen-bond acceptors (Lipinski definition) is 3. The largest absolute Gasteiger partial charge is 0.370 e. The second-order valence-corrected chi connectivity index (χ2v) is 9.32. The summed E-state index contributed by atoms with van der Waals surface area (Å²) in [4.78, 5) is 19.8. The van der Waals surface area contributed by atoms with Gasteiger partial charge < -0.3 is 20.9 Å². The molecule has 0 saturated carbocycles. The number of urea groups is 1. The molecule has 0 radical (unpaired) electrons. The zero-order valence-electron chi connectivity index (χ0n) is 18.3. The van der Waals surface area contributed by atoms with E-state index in [9.17, 15) is 9.18 Å². The second kappa shape index (κ2) is 8.21. The van der Waals surface area contributed by atoms with Gasteiger partial charge in [-0.15, -0.1) is 0 Å². The lowest BCUT2D eigenvalue weighted by molar-refractivity contribution is 0.173. The van der Waals surface area contributed by atoms with Crippen LogP contribution >= 0.6 is 0 Å². The van der Waals surface area contributed by atoms with E-state index in [1.807, 2.05) is 29.2 Å². The average Bonchev–Trinajstić information content (AvgIpc) is 2.72. The van der Waals surface area contributed by atoms with Gasteiger partial charge in [-0.2, -0.15) is 0 Å². The number of rotatable bonds is 2. The van der Waals surface area contributed by atoms with E-state index in [0.717, 1.165) is 35.6 Å². The summed E-state index contributed by atoms with van der Waals surface area (Å²) in [6, 6.07) is 14.2. The zero-order chi connectivity index (χ0) is 22.1. The number of para-hydroxylation sites is 2. The third-order valence-electron chi connectivity index (χ3n) is 5.57. The number of benzene rings is 2. The molecule has 0 aliphatic carbocycles. The number of aliphatic imine (C=N–C) groups is 1. The number of carbonyl (C=O) groups excluding carboxylic acids is 1. The summed E-state index contributed by atoms with van der Waals surface area (Å²) in [6.45, 7) is 7.67. The fourth-order valence-corrected chi connectivity index (χ4v) is 4.20. The lowest BCUT2D eigenvalue weighted by Gasteiger charge is -2.47. The van der Waals surface area contributed by atoms with Gasteiger partial charge in [-0.3, -0.25) is 4.99 Å². The Morgan fingerprint density at radius 3 is 2.71 bits per heavy atom. The van der Waals surface area contributed by atoms with Crippen molar-refractivity contribution < 1.29 is 9.18 Å². The molecule has 7 heteroatoms. The Morgan fingerprint density at radius 2 is 1.97 bits per heavy atom. The molecule has 2 amide bonds. The summed E-state index contributed by atoms with van der Waals surface area (Å²) < 4.78 is 13.4. The molecule has 2 aromatic rings. The molecule has 2 aliphatic heterocycles. The highest BCUT2D eigenvalue weighted by molar-refractivity contribution is 6.10. The molecule has 0 unspecified atom stereocenters. The van der Waals surface area contributed by atoms with Crippen molar-refractivity contribution in [1.82, 2.24) is 10.2 Å². The van der Waals surface area contributed by atoms with Gasteiger partial charge in [-0.05, 0) is 63.4 Å². The number of nitrogens with one attached hydrogen (secondary N) is 3. The maximum atomic E-state index is 13.4. The van der Waals surface area contributed by atoms with Crippen molar-refractivity contribution in [3.63, 3.8) is 0 Å². The number of carbonyl (C=O) groups is 1. The molecule has 6 nitrogen and oxygen atoms in total. The first-order chi connectivity index (χ1) is 14.7. The third-order valence-corrected chi connectivity index (χ3v) is 5.57. The minimum atomic E-state index is -0.476. The van der Waals surface area contributed by atoms with E-state index < -0.39 is 5.54 Å². The minimum absolute atomic E-state index is 0.154. The number of nitrogens with zero attached hydrogens (tertiary/aromatic N) is 2. The number of anilines is 2.